The largest absolute Gasteiger partial charge is 0.310 e. The van der Waals surface area contributed by atoms with E-state index in [1.54, 1.807) is 0 Å². The summed E-state index contributed by atoms with van der Waals surface area (Å²) in [6.45, 7) is 3.29. The lowest BCUT2D eigenvalue weighted by Crippen LogP contribution is -2.30. The standard InChI is InChI=1S/C17H18BrN/c1-12(13-6-4-7-16(18)10-13)19-11-15-9-14-5-2-3-8-17(14)15/h2-8,10,12,15,19H,9,11H2,1H3/t12-,15?/m1/s1. The molecular formula is C17H18BrN. The smallest absolute Gasteiger partial charge is 0.0292 e. The van der Waals surface area contributed by atoms with Gasteiger partial charge in [-0.15, -0.1) is 0 Å². The summed E-state index contributed by atoms with van der Waals surface area (Å²) < 4.78 is 1.15. The molecule has 3 rings (SSSR count). The van der Waals surface area contributed by atoms with Crippen LogP contribution < -0.4 is 5.32 Å². The van der Waals surface area contributed by atoms with Gasteiger partial charge in [-0.25, -0.2) is 0 Å². The quantitative estimate of drug-likeness (QED) is 0.879. The third-order valence-corrected chi connectivity index (χ3v) is 4.47. The zero-order chi connectivity index (χ0) is 13.2. The summed E-state index contributed by atoms with van der Waals surface area (Å²) in [4.78, 5) is 0. The van der Waals surface area contributed by atoms with E-state index in [9.17, 15) is 0 Å². The van der Waals surface area contributed by atoms with Gasteiger partial charge in [-0.3, -0.25) is 0 Å². The van der Waals surface area contributed by atoms with E-state index in [2.05, 4.69) is 76.7 Å². The number of hydrogen-bond acceptors (Lipinski definition) is 1. The van der Waals surface area contributed by atoms with Crippen molar-refractivity contribution in [2.45, 2.75) is 25.3 Å². The van der Waals surface area contributed by atoms with E-state index in [4.69, 9.17) is 0 Å². The highest BCUT2D eigenvalue weighted by Gasteiger charge is 2.25. The van der Waals surface area contributed by atoms with Gasteiger partial charge >= 0.3 is 0 Å². The van der Waals surface area contributed by atoms with Crippen LogP contribution in [0, 0.1) is 0 Å². The van der Waals surface area contributed by atoms with Gasteiger partial charge in [0.05, 0.1) is 0 Å². The first kappa shape index (κ1) is 12.9. The Bertz CT molecular complexity index is 579. The summed E-state index contributed by atoms with van der Waals surface area (Å²) in [5.41, 5.74) is 4.38. The maximum atomic E-state index is 3.65. The van der Waals surface area contributed by atoms with Gasteiger partial charge in [-0.1, -0.05) is 52.3 Å². The topological polar surface area (TPSA) is 12.0 Å². The minimum absolute atomic E-state index is 0.394. The molecular weight excluding hydrogens is 298 g/mol. The fraction of sp³-hybridized carbons (Fsp3) is 0.294. The van der Waals surface area contributed by atoms with Crippen LogP contribution in [0.3, 0.4) is 0 Å². The number of benzene rings is 2. The van der Waals surface area contributed by atoms with Crippen molar-refractivity contribution in [3.8, 4) is 0 Å². The number of rotatable bonds is 4. The molecule has 1 aliphatic carbocycles. The Balaban J connectivity index is 1.59. The van der Waals surface area contributed by atoms with Crippen molar-refractivity contribution in [3.05, 3.63) is 69.7 Å². The Labute approximate surface area is 123 Å². The number of halogens is 1. The molecule has 2 atom stereocenters. The highest BCUT2D eigenvalue weighted by molar-refractivity contribution is 9.10. The van der Waals surface area contributed by atoms with Crippen LogP contribution in [-0.4, -0.2) is 6.54 Å². The van der Waals surface area contributed by atoms with E-state index in [-0.39, 0.29) is 0 Å². The fourth-order valence-corrected chi connectivity index (χ4v) is 3.17. The maximum absolute atomic E-state index is 3.65. The second-order valence-electron chi connectivity index (χ2n) is 5.28. The van der Waals surface area contributed by atoms with E-state index in [1.807, 2.05) is 0 Å². The number of nitrogens with one attached hydrogen (secondary N) is 1. The lowest BCUT2D eigenvalue weighted by Gasteiger charge is -2.31. The van der Waals surface area contributed by atoms with Crippen molar-refractivity contribution >= 4 is 15.9 Å². The van der Waals surface area contributed by atoms with E-state index in [0.717, 1.165) is 11.0 Å². The molecule has 0 fully saturated rings. The third kappa shape index (κ3) is 2.75. The molecule has 98 valence electrons. The van der Waals surface area contributed by atoms with Crippen LogP contribution >= 0.6 is 15.9 Å². The van der Waals surface area contributed by atoms with E-state index >= 15 is 0 Å². The van der Waals surface area contributed by atoms with Crippen LogP contribution in [0.4, 0.5) is 0 Å². The average molecular weight is 316 g/mol. The first-order valence-electron chi connectivity index (χ1n) is 6.80. The maximum Gasteiger partial charge on any atom is 0.0292 e. The van der Waals surface area contributed by atoms with Crippen molar-refractivity contribution in [2.24, 2.45) is 0 Å². The minimum Gasteiger partial charge on any atom is -0.310 e. The Morgan fingerprint density at radius 1 is 1.21 bits per heavy atom. The molecule has 0 radical (unpaired) electrons. The summed E-state index contributed by atoms with van der Waals surface area (Å²) in [5.74, 6) is 0.686. The van der Waals surface area contributed by atoms with Gasteiger partial charge in [0, 0.05) is 23.0 Å². The molecule has 0 saturated carbocycles. The monoisotopic (exact) mass is 315 g/mol. The van der Waals surface area contributed by atoms with Crippen LogP contribution in [0.15, 0.2) is 53.0 Å². The fourth-order valence-electron chi connectivity index (χ4n) is 2.76. The molecule has 0 heterocycles. The molecule has 2 aromatic carbocycles. The van der Waals surface area contributed by atoms with Gasteiger partial charge in [0.2, 0.25) is 0 Å². The zero-order valence-electron chi connectivity index (χ0n) is 11.1. The number of hydrogen-bond donors (Lipinski definition) is 1. The normalized spacial score (nSPS) is 18.5. The summed E-state index contributed by atoms with van der Waals surface area (Å²) in [5, 5.41) is 3.65. The summed E-state index contributed by atoms with van der Waals surface area (Å²) >= 11 is 3.53. The van der Waals surface area contributed by atoms with E-state index < -0.39 is 0 Å². The summed E-state index contributed by atoms with van der Waals surface area (Å²) in [6, 6.07) is 17.7. The van der Waals surface area contributed by atoms with Crippen molar-refractivity contribution in [1.29, 1.82) is 0 Å². The molecule has 0 spiro atoms. The van der Waals surface area contributed by atoms with Gasteiger partial charge in [-0.2, -0.15) is 0 Å². The first-order chi connectivity index (χ1) is 9.24. The SMILES string of the molecule is C[C@@H](NCC1Cc2ccccc21)c1cccc(Br)c1. The van der Waals surface area contributed by atoms with Gasteiger partial charge < -0.3 is 5.32 Å². The van der Waals surface area contributed by atoms with Crippen molar-refractivity contribution in [2.75, 3.05) is 6.54 Å². The molecule has 1 unspecified atom stereocenters. The first-order valence-corrected chi connectivity index (χ1v) is 7.60. The molecule has 0 aliphatic heterocycles. The van der Waals surface area contributed by atoms with Crippen LogP contribution in [0.2, 0.25) is 0 Å². The van der Waals surface area contributed by atoms with Gasteiger partial charge in [0.15, 0.2) is 0 Å². The average Bonchev–Trinajstić information content (AvgIpc) is 2.39. The van der Waals surface area contributed by atoms with E-state index in [0.29, 0.717) is 12.0 Å². The molecule has 0 amide bonds. The molecule has 1 nitrogen and oxygen atoms in total. The predicted octanol–water partition coefficient (Wildman–Crippen LogP) is 4.44. The minimum atomic E-state index is 0.394. The van der Waals surface area contributed by atoms with Crippen molar-refractivity contribution < 1.29 is 0 Å². The van der Waals surface area contributed by atoms with Gasteiger partial charge in [0.25, 0.3) is 0 Å². The summed E-state index contributed by atoms with van der Waals surface area (Å²) in [7, 11) is 0. The second kappa shape index (κ2) is 5.48. The Morgan fingerprint density at radius 3 is 2.84 bits per heavy atom. The molecule has 2 aromatic rings. The molecule has 0 bridgehead atoms. The van der Waals surface area contributed by atoms with Crippen LogP contribution in [0.1, 0.15) is 35.6 Å². The molecule has 1 aliphatic rings. The molecule has 0 aromatic heterocycles. The number of fused-ring (bicyclic) bond motifs is 1. The zero-order valence-corrected chi connectivity index (χ0v) is 12.7. The molecule has 1 N–H and O–H groups in total. The van der Waals surface area contributed by atoms with Crippen molar-refractivity contribution in [3.63, 3.8) is 0 Å². The lowest BCUT2D eigenvalue weighted by molar-refractivity contribution is 0.489. The Kier molecular flexibility index (Phi) is 3.72. The second-order valence-corrected chi connectivity index (χ2v) is 6.20. The molecule has 19 heavy (non-hydrogen) atoms. The van der Waals surface area contributed by atoms with Crippen molar-refractivity contribution in [1.82, 2.24) is 5.32 Å². The Morgan fingerprint density at radius 2 is 2.05 bits per heavy atom. The summed E-state index contributed by atoms with van der Waals surface area (Å²) in [6.07, 6.45) is 1.22. The van der Waals surface area contributed by atoms with Gasteiger partial charge in [0.1, 0.15) is 0 Å². The third-order valence-electron chi connectivity index (χ3n) is 3.98. The molecule has 0 saturated heterocycles. The van der Waals surface area contributed by atoms with Crippen LogP contribution in [0.5, 0.6) is 0 Å². The molecule has 2 heteroatoms. The Hall–Kier alpha value is -1.12. The highest BCUT2D eigenvalue weighted by atomic mass is 79.9. The predicted molar refractivity (Wildman–Crippen MR) is 83.4 cm³/mol. The van der Waals surface area contributed by atoms with Gasteiger partial charge in [-0.05, 0) is 42.2 Å². The van der Waals surface area contributed by atoms with Crippen LogP contribution in [-0.2, 0) is 6.42 Å². The van der Waals surface area contributed by atoms with Crippen LogP contribution in [0.25, 0.3) is 0 Å². The highest BCUT2D eigenvalue weighted by Crippen LogP contribution is 2.34. The lowest BCUT2D eigenvalue weighted by atomic mass is 9.77. The van der Waals surface area contributed by atoms with E-state index in [1.165, 1.54) is 23.1 Å².